The summed E-state index contributed by atoms with van der Waals surface area (Å²) in [6, 6.07) is 0.599. The smallest absolute Gasteiger partial charge is 0.122 e. The molecule has 1 fully saturated rings. The van der Waals surface area contributed by atoms with Crippen LogP contribution in [0.5, 0.6) is 0 Å². The summed E-state index contributed by atoms with van der Waals surface area (Å²) in [4.78, 5) is 4.43. The number of imidazole rings is 1. The zero-order chi connectivity index (χ0) is 12.7. The molecule has 96 valence electrons. The van der Waals surface area contributed by atoms with Gasteiger partial charge in [-0.25, -0.2) is 4.98 Å². The first-order valence-electron chi connectivity index (χ1n) is 6.64. The molecule has 1 aliphatic carbocycles. The van der Waals surface area contributed by atoms with E-state index < -0.39 is 0 Å². The summed E-state index contributed by atoms with van der Waals surface area (Å²) < 4.78 is 2.25. The molecule has 1 aliphatic rings. The van der Waals surface area contributed by atoms with E-state index in [2.05, 4.69) is 55.7 Å². The average Bonchev–Trinajstić information content (AvgIpc) is 2.59. The van der Waals surface area contributed by atoms with E-state index in [9.17, 15) is 0 Å². The van der Waals surface area contributed by atoms with Crippen LogP contribution in [0.25, 0.3) is 0 Å². The van der Waals surface area contributed by atoms with Gasteiger partial charge in [0.25, 0.3) is 0 Å². The maximum atomic E-state index is 4.43. The van der Waals surface area contributed by atoms with Crippen LogP contribution in [-0.4, -0.2) is 15.6 Å². The Balaban J connectivity index is 1.93. The van der Waals surface area contributed by atoms with Crippen molar-refractivity contribution in [2.24, 2.45) is 10.8 Å². The summed E-state index contributed by atoms with van der Waals surface area (Å²) in [7, 11) is 0. The lowest BCUT2D eigenvalue weighted by Crippen LogP contribution is -2.23. The Kier molecular flexibility index (Phi) is 3.06. The van der Waals surface area contributed by atoms with Crippen LogP contribution in [0.1, 0.15) is 46.9 Å². The summed E-state index contributed by atoms with van der Waals surface area (Å²) in [5, 5.41) is 3.66. The molecule has 0 aromatic carbocycles. The number of hydrogen-bond donors (Lipinski definition) is 1. The van der Waals surface area contributed by atoms with Crippen LogP contribution >= 0.6 is 0 Å². The predicted molar refractivity (Wildman–Crippen MR) is 70.7 cm³/mol. The average molecular weight is 235 g/mol. The van der Waals surface area contributed by atoms with Crippen LogP contribution < -0.4 is 5.32 Å². The third-order valence-corrected chi connectivity index (χ3v) is 4.75. The van der Waals surface area contributed by atoms with Crippen molar-refractivity contribution in [2.45, 2.75) is 60.2 Å². The quantitative estimate of drug-likeness (QED) is 0.850. The molecular formula is C14H25N3. The summed E-state index contributed by atoms with van der Waals surface area (Å²) in [5.41, 5.74) is 0.796. The zero-order valence-electron chi connectivity index (χ0n) is 11.7. The number of nitrogens with zero attached hydrogens (tertiary/aromatic N) is 2. The summed E-state index contributed by atoms with van der Waals surface area (Å²) in [6.07, 6.45) is 5.13. The van der Waals surface area contributed by atoms with Crippen molar-refractivity contribution in [3.8, 4) is 0 Å². The molecule has 1 aromatic rings. The van der Waals surface area contributed by atoms with Gasteiger partial charge >= 0.3 is 0 Å². The molecule has 1 heterocycles. The molecule has 0 radical (unpaired) electrons. The minimum Gasteiger partial charge on any atom is -0.334 e. The van der Waals surface area contributed by atoms with E-state index in [1.54, 1.807) is 0 Å². The van der Waals surface area contributed by atoms with Crippen molar-refractivity contribution >= 4 is 0 Å². The van der Waals surface area contributed by atoms with Gasteiger partial charge in [0.15, 0.2) is 0 Å². The Hall–Kier alpha value is -0.830. The highest BCUT2D eigenvalue weighted by atomic mass is 15.1. The Bertz CT molecular complexity index is 376. The number of aromatic nitrogens is 2. The maximum absolute atomic E-state index is 4.43. The van der Waals surface area contributed by atoms with Gasteiger partial charge in [-0.3, -0.25) is 0 Å². The van der Waals surface area contributed by atoms with Crippen molar-refractivity contribution in [1.82, 2.24) is 14.9 Å². The molecule has 3 heteroatoms. The van der Waals surface area contributed by atoms with Crippen molar-refractivity contribution in [3.63, 3.8) is 0 Å². The number of hydrogen-bond acceptors (Lipinski definition) is 2. The van der Waals surface area contributed by atoms with E-state index >= 15 is 0 Å². The van der Waals surface area contributed by atoms with Gasteiger partial charge < -0.3 is 9.88 Å². The molecule has 1 saturated carbocycles. The number of rotatable bonds is 5. The fraction of sp³-hybridized carbons (Fsp3) is 0.786. The van der Waals surface area contributed by atoms with Crippen molar-refractivity contribution < 1.29 is 0 Å². The van der Waals surface area contributed by atoms with Crippen LogP contribution in [0.2, 0.25) is 0 Å². The van der Waals surface area contributed by atoms with Gasteiger partial charge in [-0.05, 0) is 17.3 Å². The Morgan fingerprint density at radius 1 is 1.29 bits per heavy atom. The third kappa shape index (κ3) is 2.01. The van der Waals surface area contributed by atoms with Crippen LogP contribution in [0, 0.1) is 10.8 Å². The van der Waals surface area contributed by atoms with Crippen LogP contribution in [0.3, 0.4) is 0 Å². The standard InChI is InChI=1S/C14H25N3/c1-6-8-17-9-7-15-11(17)10-16-12-13(2,3)14(12,4)5/h7,9,12,16H,6,8,10H2,1-5H3. The Morgan fingerprint density at radius 2 is 1.94 bits per heavy atom. The molecule has 3 nitrogen and oxygen atoms in total. The minimum absolute atomic E-state index is 0.398. The van der Waals surface area contributed by atoms with Crippen molar-refractivity contribution in [2.75, 3.05) is 0 Å². The monoisotopic (exact) mass is 235 g/mol. The van der Waals surface area contributed by atoms with Gasteiger partial charge in [0.05, 0.1) is 6.54 Å². The SMILES string of the molecule is CCCn1ccnc1CNC1C(C)(C)C1(C)C. The summed E-state index contributed by atoms with van der Waals surface area (Å²) in [5.74, 6) is 1.16. The number of aryl methyl sites for hydroxylation is 1. The molecule has 1 N–H and O–H groups in total. The van der Waals surface area contributed by atoms with Gasteiger partial charge in [0.1, 0.15) is 5.82 Å². The summed E-state index contributed by atoms with van der Waals surface area (Å²) >= 11 is 0. The fourth-order valence-corrected chi connectivity index (χ4v) is 2.85. The Morgan fingerprint density at radius 3 is 2.47 bits per heavy atom. The van der Waals surface area contributed by atoms with Gasteiger partial charge in [-0.1, -0.05) is 34.6 Å². The molecule has 0 bridgehead atoms. The normalized spacial score (nSPS) is 21.7. The minimum atomic E-state index is 0.398. The largest absolute Gasteiger partial charge is 0.334 e. The van der Waals surface area contributed by atoms with Crippen LogP contribution in [-0.2, 0) is 13.1 Å². The first kappa shape index (κ1) is 12.6. The van der Waals surface area contributed by atoms with Crippen molar-refractivity contribution in [1.29, 1.82) is 0 Å². The molecular weight excluding hydrogens is 210 g/mol. The van der Waals surface area contributed by atoms with E-state index in [-0.39, 0.29) is 0 Å². The molecule has 2 rings (SSSR count). The highest BCUT2D eigenvalue weighted by molar-refractivity contribution is 5.18. The lowest BCUT2D eigenvalue weighted by Gasteiger charge is -2.08. The van der Waals surface area contributed by atoms with E-state index in [0.717, 1.165) is 25.3 Å². The predicted octanol–water partition coefficient (Wildman–Crippen LogP) is 2.82. The highest BCUT2D eigenvalue weighted by Crippen LogP contribution is 2.62. The topological polar surface area (TPSA) is 29.9 Å². The molecule has 0 spiro atoms. The third-order valence-electron chi connectivity index (χ3n) is 4.75. The lowest BCUT2D eigenvalue weighted by molar-refractivity contribution is 0.457. The Labute approximate surface area is 105 Å². The second-order valence-electron chi connectivity index (χ2n) is 6.29. The van der Waals surface area contributed by atoms with Gasteiger partial charge in [0.2, 0.25) is 0 Å². The second-order valence-corrected chi connectivity index (χ2v) is 6.29. The van der Waals surface area contributed by atoms with Crippen LogP contribution in [0.4, 0.5) is 0 Å². The fourth-order valence-electron chi connectivity index (χ4n) is 2.85. The summed E-state index contributed by atoms with van der Waals surface area (Å²) in [6.45, 7) is 13.5. The molecule has 0 atom stereocenters. The molecule has 0 unspecified atom stereocenters. The molecule has 17 heavy (non-hydrogen) atoms. The first-order chi connectivity index (χ1) is 7.91. The molecule has 0 amide bonds. The number of nitrogens with one attached hydrogen (secondary N) is 1. The van der Waals surface area contributed by atoms with E-state index in [1.165, 1.54) is 0 Å². The van der Waals surface area contributed by atoms with Gasteiger partial charge in [0, 0.05) is 25.0 Å². The molecule has 0 aliphatic heterocycles. The van der Waals surface area contributed by atoms with E-state index in [0.29, 0.717) is 16.9 Å². The van der Waals surface area contributed by atoms with E-state index in [1.807, 2.05) is 6.20 Å². The lowest BCUT2D eigenvalue weighted by atomic mass is 10.0. The van der Waals surface area contributed by atoms with E-state index in [4.69, 9.17) is 0 Å². The van der Waals surface area contributed by atoms with Crippen molar-refractivity contribution in [3.05, 3.63) is 18.2 Å². The van der Waals surface area contributed by atoms with Gasteiger partial charge in [-0.15, -0.1) is 0 Å². The maximum Gasteiger partial charge on any atom is 0.122 e. The second kappa shape index (κ2) is 4.13. The first-order valence-corrected chi connectivity index (χ1v) is 6.64. The molecule has 0 saturated heterocycles. The highest BCUT2D eigenvalue weighted by Gasteiger charge is 2.64. The zero-order valence-corrected chi connectivity index (χ0v) is 11.7. The van der Waals surface area contributed by atoms with Crippen LogP contribution in [0.15, 0.2) is 12.4 Å². The van der Waals surface area contributed by atoms with Gasteiger partial charge in [-0.2, -0.15) is 0 Å². The molecule has 1 aromatic heterocycles.